The maximum atomic E-state index is 11.6. The maximum Gasteiger partial charge on any atom is 0.157 e. The highest BCUT2D eigenvalue weighted by molar-refractivity contribution is 5.89. The van der Waals surface area contributed by atoms with Gasteiger partial charge in [0.1, 0.15) is 0 Å². The first-order valence-electron chi connectivity index (χ1n) is 7.35. The van der Waals surface area contributed by atoms with E-state index < -0.39 is 0 Å². The van der Waals surface area contributed by atoms with Crippen molar-refractivity contribution >= 4 is 5.78 Å². The van der Waals surface area contributed by atoms with Crippen LogP contribution >= 0.6 is 0 Å². The Morgan fingerprint density at radius 1 is 1.11 bits per heavy atom. The van der Waals surface area contributed by atoms with Crippen molar-refractivity contribution in [2.45, 2.75) is 51.9 Å². The summed E-state index contributed by atoms with van der Waals surface area (Å²) < 4.78 is 5.26. The molecule has 1 fully saturated rings. The molecular weight excluding hydrogens is 226 g/mol. The summed E-state index contributed by atoms with van der Waals surface area (Å²) in [5.41, 5.74) is 0. The predicted octanol–water partition coefficient (Wildman–Crippen LogP) is 3.15. The van der Waals surface area contributed by atoms with E-state index in [1.165, 1.54) is 32.1 Å². The predicted molar refractivity (Wildman–Crippen MR) is 74.5 cm³/mol. The summed E-state index contributed by atoms with van der Waals surface area (Å²) in [6.45, 7) is 5.58. The molecule has 0 atom stereocenters. The zero-order chi connectivity index (χ0) is 13.1. The van der Waals surface area contributed by atoms with Gasteiger partial charge in [-0.25, -0.2) is 0 Å². The molecule has 0 bridgehead atoms. The summed E-state index contributed by atoms with van der Waals surface area (Å²) in [4.78, 5) is 13.8. The molecule has 3 nitrogen and oxygen atoms in total. The van der Waals surface area contributed by atoms with Crippen molar-refractivity contribution in [3.05, 3.63) is 12.3 Å². The second-order valence-corrected chi connectivity index (χ2v) is 4.95. The highest BCUT2D eigenvalue weighted by Crippen LogP contribution is 2.07. The maximum absolute atomic E-state index is 11.6. The van der Waals surface area contributed by atoms with Gasteiger partial charge in [0.15, 0.2) is 5.78 Å². The van der Waals surface area contributed by atoms with Crippen LogP contribution in [0.15, 0.2) is 12.3 Å². The number of carbonyl (C=O) groups is 1. The molecule has 0 unspecified atom stereocenters. The molecule has 1 aliphatic rings. The Hall–Kier alpha value is -0.830. The second kappa shape index (κ2) is 10.1. The highest BCUT2D eigenvalue weighted by atomic mass is 16.5. The number of hydrogen-bond donors (Lipinski definition) is 0. The van der Waals surface area contributed by atoms with Gasteiger partial charge in [0.2, 0.25) is 0 Å². The molecule has 0 aliphatic carbocycles. The third kappa shape index (κ3) is 7.49. The fraction of sp³-hybridized carbons (Fsp3) is 0.800. The molecule has 0 saturated carbocycles. The Bertz CT molecular complexity index is 245. The summed E-state index contributed by atoms with van der Waals surface area (Å²) in [6, 6.07) is 0. The number of ether oxygens (including phenoxy) is 1. The van der Waals surface area contributed by atoms with Crippen LogP contribution in [0.2, 0.25) is 0 Å². The van der Waals surface area contributed by atoms with Crippen LogP contribution in [-0.4, -0.2) is 37.0 Å². The van der Waals surface area contributed by atoms with Crippen LogP contribution in [0.25, 0.3) is 0 Å². The summed E-state index contributed by atoms with van der Waals surface area (Å²) in [5, 5.41) is 0. The molecular formula is C15H27NO2. The normalized spacial score (nSPS) is 16.4. The quantitative estimate of drug-likeness (QED) is 0.467. The van der Waals surface area contributed by atoms with Gasteiger partial charge in [-0.1, -0.05) is 39.0 Å². The van der Waals surface area contributed by atoms with Crippen molar-refractivity contribution < 1.29 is 9.53 Å². The van der Waals surface area contributed by atoms with Crippen molar-refractivity contribution in [1.82, 2.24) is 4.90 Å². The van der Waals surface area contributed by atoms with Crippen LogP contribution in [0.3, 0.4) is 0 Å². The lowest BCUT2D eigenvalue weighted by atomic mass is 10.1. The number of carbonyl (C=O) groups excluding carboxylic acids is 1. The molecule has 0 N–H and O–H groups in total. The van der Waals surface area contributed by atoms with E-state index in [1.807, 2.05) is 6.20 Å². The van der Waals surface area contributed by atoms with Crippen molar-refractivity contribution in [2.75, 3.05) is 26.3 Å². The number of hydrogen-bond acceptors (Lipinski definition) is 3. The molecule has 104 valence electrons. The number of allylic oxidation sites excluding steroid dienone is 1. The molecule has 3 heteroatoms. The largest absolute Gasteiger partial charge is 0.378 e. The number of nitrogens with zero attached hydrogens (tertiary/aromatic N) is 1. The first kappa shape index (κ1) is 15.2. The zero-order valence-corrected chi connectivity index (χ0v) is 11.7. The fourth-order valence-corrected chi connectivity index (χ4v) is 2.08. The Labute approximate surface area is 111 Å². The summed E-state index contributed by atoms with van der Waals surface area (Å²) in [5.74, 6) is 0.261. The van der Waals surface area contributed by atoms with Gasteiger partial charge >= 0.3 is 0 Å². The number of morpholine rings is 1. The molecule has 0 aromatic rings. The van der Waals surface area contributed by atoms with Crippen LogP contribution in [0.4, 0.5) is 0 Å². The second-order valence-electron chi connectivity index (χ2n) is 4.95. The Kier molecular flexibility index (Phi) is 8.57. The standard InChI is InChI=1S/C15H27NO2/c1-2-3-4-5-6-7-8-15(17)9-10-16-11-13-18-14-12-16/h9-10H,2-8,11-14H2,1H3. The first-order chi connectivity index (χ1) is 8.83. The summed E-state index contributed by atoms with van der Waals surface area (Å²) in [7, 11) is 0. The Morgan fingerprint density at radius 3 is 2.50 bits per heavy atom. The van der Waals surface area contributed by atoms with E-state index in [9.17, 15) is 4.79 Å². The van der Waals surface area contributed by atoms with Crippen LogP contribution in [0.1, 0.15) is 51.9 Å². The molecule has 1 rings (SSSR count). The summed E-state index contributed by atoms with van der Waals surface area (Å²) in [6.07, 6.45) is 11.8. The molecule has 0 aromatic carbocycles. The topological polar surface area (TPSA) is 29.5 Å². The lowest BCUT2D eigenvalue weighted by molar-refractivity contribution is -0.114. The van der Waals surface area contributed by atoms with Crippen molar-refractivity contribution in [3.8, 4) is 0 Å². The van der Waals surface area contributed by atoms with Gasteiger partial charge in [-0.15, -0.1) is 0 Å². The Morgan fingerprint density at radius 2 is 1.78 bits per heavy atom. The number of unbranched alkanes of at least 4 members (excludes halogenated alkanes) is 5. The average Bonchev–Trinajstić information content (AvgIpc) is 2.41. The van der Waals surface area contributed by atoms with E-state index in [2.05, 4.69) is 11.8 Å². The highest BCUT2D eigenvalue weighted by Gasteiger charge is 2.05. The fourth-order valence-electron chi connectivity index (χ4n) is 2.08. The number of rotatable bonds is 9. The molecule has 1 aliphatic heterocycles. The molecule has 1 heterocycles. The van der Waals surface area contributed by atoms with Crippen molar-refractivity contribution in [2.24, 2.45) is 0 Å². The van der Waals surface area contributed by atoms with Crippen molar-refractivity contribution in [1.29, 1.82) is 0 Å². The average molecular weight is 253 g/mol. The lowest BCUT2D eigenvalue weighted by Crippen LogP contribution is -2.32. The lowest BCUT2D eigenvalue weighted by Gasteiger charge is -2.24. The smallest absolute Gasteiger partial charge is 0.157 e. The van der Waals surface area contributed by atoms with Crippen LogP contribution in [-0.2, 0) is 9.53 Å². The minimum absolute atomic E-state index is 0.261. The van der Waals surface area contributed by atoms with Gasteiger partial charge < -0.3 is 9.64 Å². The van der Waals surface area contributed by atoms with Crippen molar-refractivity contribution in [3.63, 3.8) is 0 Å². The van der Waals surface area contributed by atoms with Gasteiger partial charge in [0, 0.05) is 25.7 Å². The van der Waals surface area contributed by atoms with E-state index in [-0.39, 0.29) is 5.78 Å². The molecule has 0 spiro atoms. The minimum Gasteiger partial charge on any atom is -0.378 e. The molecule has 1 saturated heterocycles. The Balaban J connectivity index is 2.00. The van der Waals surface area contributed by atoms with E-state index >= 15 is 0 Å². The van der Waals surface area contributed by atoms with Crippen LogP contribution < -0.4 is 0 Å². The van der Waals surface area contributed by atoms with Crippen LogP contribution in [0, 0.1) is 0 Å². The van der Waals surface area contributed by atoms with Gasteiger partial charge in [-0.2, -0.15) is 0 Å². The van der Waals surface area contributed by atoms with Gasteiger partial charge in [-0.05, 0) is 12.5 Å². The molecule has 0 amide bonds. The third-order valence-electron chi connectivity index (χ3n) is 3.29. The van der Waals surface area contributed by atoms with Crippen LogP contribution in [0.5, 0.6) is 0 Å². The molecule has 18 heavy (non-hydrogen) atoms. The van der Waals surface area contributed by atoms with E-state index in [0.29, 0.717) is 6.42 Å². The SMILES string of the molecule is CCCCCCCCC(=O)C=CN1CCOCC1. The monoisotopic (exact) mass is 253 g/mol. The van der Waals surface area contributed by atoms with E-state index in [1.54, 1.807) is 6.08 Å². The van der Waals surface area contributed by atoms with Gasteiger partial charge in [-0.3, -0.25) is 4.79 Å². The number of ketones is 1. The summed E-state index contributed by atoms with van der Waals surface area (Å²) >= 11 is 0. The minimum atomic E-state index is 0.261. The van der Waals surface area contributed by atoms with Gasteiger partial charge in [0.25, 0.3) is 0 Å². The van der Waals surface area contributed by atoms with E-state index in [0.717, 1.165) is 32.7 Å². The first-order valence-corrected chi connectivity index (χ1v) is 7.35. The molecule has 0 radical (unpaired) electrons. The zero-order valence-electron chi connectivity index (χ0n) is 11.7. The van der Waals surface area contributed by atoms with Gasteiger partial charge in [0.05, 0.1) is 13.2 Å². The molecule has 0 aromatic heterocycles. The van der Waals surface area contributed by atoms with E-state index in [4.69, 9.17) is 4.74 Å². The third-order valence-corrected chi connectivity index (χ3v) is 3.29.